The molecule has 0 radical (unpaired) electrons. The Bertz CT molecular complexity index is 763. The molecule has 0 bridgehead atoms. The highest BCUT2D eigenvalue weighted by atomic mass is 32.2. The monoisotopic (exact) mass is 359 g/mol. The molecule has 0 spiro atoms. The van der Waals surface area contributed by atoms with Crippen LogP contribution < -0.4 is 9.71 Å². The number of aromatic nitrogens is 2. The van der Waals surface area contributed by atoms with Crippen LogP contribution >= 0.6 is 0 Å². The fourth-order valence-corrected chi connectivity index (χ4v) is 3.53. The summed E-state index contributed by atoms with van der Waals surface area (Å²) in [4.78, 5) is 0. The first kappa shape index (κ1) is 18.1. The molecule has 6 nitrogen and oxygen atoms in total. The predicted octanol–water partition coefficient (Wildman–Crippen LogP) is 1.22. The van der Waals surface area contributed by atoms with Gasteiger partial charge in [-0.1, -0.05) is 19.6 Å². The van der Waals surface area contributed by atoms with Crippen LogP contribution in [0.2, 0.25) is 25.7 Å². The summed E-state index contributed by atoms with van der Waals surface area (Å²) in [5.41, 5.74) is 2.26. The summed E-state index contributed by atoms with van der Waals surface area (Å²) >= 11 is 0. The molecule has 0 fully saturated rings. The van der Waals surface area contributed by atoms with Gasteiger partial charge in [-0.15, -0.1) is 0 Å². The fourth-order valence-electron chi connectivity index (χ4n) is 2.53. The van der Waals surface area contributed by atoms with Crippen LogP contribution in [0.25, 0.3) is 6.26 Å². The van der Waals surface area contributed by atoms with Crippen molar-refractivity contribution in [1.29, 1.82) is 0 Å². The minimum absolute atomic E-state index is 0.704. The molecule has 0 saturated carbocycles. The SMILES string of the molecule is C[Si](C)(C)CCOC=[n+]1[nH]c(=COS(C)(=O)=O)c2c1CCCC2. The Hall–Kier alpha value is -1.28. The van der Waals surface area contributed by atoms with Crippen molar-refractivity contribution in [2.45, 2.75) is 51.4 Å². The molecule has 0 atom stereocenters. The van der Waals surface area contributed by atoms with Crippen molar-refractivity contribution in [3.05, 3.63) is 23.0 Å². The first-order valence-electron chi connectivity index (χ1n) is 7.97. The zero-order valence-electron chi connectivity index (χ0n) is 14.4. The van der Waals surface area contributed by atoms with Crippen molar-refractivity contribution < 1.29 is 21.7 Å². The first-order valence-corrected chi connectivity index (χ1v) is 13.5. The Kier molecular flexibility index (Phi) is 5.56. The molecule has 0 aliphatic heterocycles. The summed E-state index contributed by atoms with van der Waals surface area (Å²) in [6, 6.07) is 1.10. The van der Waals surface area contributed by atoms with Crippen molar-refractivity contribution in [3.8, 4) is 0 Å². The van der Waals surface area contributed by atoms with Crippen LogP contribution in [0.5, 0.6) is 0 Å². The number of H-pyrrole nitrogens is 1. The van der Waals surface area contributed by atoms with Gasteiger partial charge in [-0.3, -0.25) is 0 Å². The second kappa shape index (κ2) is 7.08. The third-order valence-corrected chi connectivity index (χ3v) is 5.94. The van der Waals surface area contributed by atoms with Gasteiger partial charge in [0.2, 0.25) is 5.69 Å². The molecule has 0 saturated heterocycles. The highest BCUT2D eigenvalue weighted by molar-refractivity contribution is 7.86. The van der Waals surface area contributed by atoms with Gasteiger partial charge in [0.25, 0.3) is 0 Å². The number of hydrogen-bond acceptors (Lipinski definition) is 4. The Labute approximate surface area is 139 Å². The smallest absolute Gasteiger partial charge is 0.358 e. The lowest BCUT2D eigenvalue weighted by Gasteiger charge is -2.13. The maximum atomic E-state index is 11.2. The van der Waals surface area contributed by atoms with Gasteiger partial charge in [0.05, 0.1) is 18.4 Å². The molecule has 2 rings (SSSR count). The number of nitrogens with one attached hydrogen (secondary N) is 1. The van der Waals surface area contributed by atoms with Gasteiger partial charge in [-0.2, -0.15) is 13.5 Å². The van der Waals surface area contributed by atoms with Crippen LogP contribution in [0, 0.1) is 6.40 Å². The summed E-state index contributed by atoms with van der Waals surface area (Å²) in [7, 11) is -4.61. The van der Waals surface area contributed by atoms with Crippen LogP contribution in [-0.4, -0.2) is 34.5 Å². The van der Waals surface area contributed by atoms with Gasteiger partial charge < -0.3 is 8.92 Å². The number of rotatable bonds is 6. The average molecular weight is 360 g/mol. The van der Waals surface area contributed by atoms with Crippen molar-refractivity contribution in [2.24, 2.45) is 0 Å². The molecule has 23 heavy (non-hydrogen) atoms. The fraction of sp³-hybridized carbons (Fsp3) is 0.667. The summed E-state index contributed by atoms with van der Waals surface area (Å²) in [5, 5.41) is 3.87. The maximum Gasteiger partial charge on any atom is 0.358 e. The third-order valence-electron chi connectivity index (χ3n) is 3.79. The lowest BCUT2D eigenvalue weighted by molar-refractivity contribution is -0.598. The summed E-state index contributed by atoms with van der Waals surface area (Å²) < 4.78 is 34.7. The topological polar surface area (TPSA) is 74.3 Å². The Balaban J connectivity index is 2.25. The Morgan fingerprint density at radius 3 is 2.61 bits per heavy atom. The molecular formula is C15H27N2O4SSi+. The molecule has 130 valence electrons. The van der Waals surface area contributed by atoms with E-state index >= 15 is 0 Å². The van der Waals surface area contributed by atoms with E-state index in [1.807, 2.05) is 4.36 Å². The average Bonchev–Trinajstić information content (AvgIpc) is 2.78. The van der Waals surface area contributed by atoms with Crippen LogP contribution in [0.1, 0.15) is 24.1 Å². The van der Waals surface area contributed by atoms with Crippen molar-refractivity contribution in [2.75, 3.05) is 12.9 Å². The normalized spacial score (nSPS) is 17.2. The van der Waals surface area contributed by atoms with Crippen molar-refractivity contribution >= 4 is 24.5 Å². The lowest BCUT2D eigenvalue weighted by Crippen LogP contribution is -2.28. The Morgan fingerprint density at radius 2 is 1.96 bits per heavy atom. The van der Waals surface area contributed by atoms with E-state index in [-0.39, 0.29) is 0 Å². The van der Waals surface area contributed by atoms with E-state index in [0.29, 0.717) is 12.0 Å². The maximum absolute atomic E-state index is 11.2. The van der Waals surface area contributed by atoms with Gasteiger partial charge in [0, 0.05) is 14.5 Å². The summed E-state index contributed by atoms with van der Waals surface area (Å²) in [5.74, 6) is 0. The van der Waals surface area contributed by atoms with Gasteiger partial charge in [-0.25, -0.2) is 0 Å². The molecule has 1 aliphatic rings. The van der Waals surface area contributed by atoms with Crippen LogP contribution in [0.3, 0.4) is 0 Å². The van der Waals surface area contributed by atoms with Crippen molar-refractivity contribution in [1.82, 2.24) is 5.10 Å². The van der Waals surface area contributed by atoms with E-state index in [1.54, 1.807) is 6.40 Å². The molecular weight excluding hydrogens is 332 g/mol. The molecule has 1 aromatic heterocycles. The number of hydrogen-bond donors (Lipinski definition) is 1. The summed E-state index contributed by atoms with van der Waals surface area (Å²) in [6.45, 7) is 7.65. The van der Waals surface area contributed by atoms with Gasteiger partial charge in [0.1, 0.15) is 11.6 Å². The van der Waals surface area contributed by atoms with E-state index in [4.69, 9.17) is 8.92 Å². The van der Waals surface area contributed by atoms with Crippen LogP contribution in [0.15, 0.2) is 0 Å². The molecule has 1 aromatic rings. The second-order valence-electron chi connectivity index (χ2n) is 7.23. The molecule has 8 heteroatoms. The van der Waals surface area contributed by atoms with Crippen LogP contribution in [-0.2, 0) is 31.9 Å². The highest BCUT2D eigenvalue weighted by Crippen LogP contribution is 2.14. The zero-order valence-corrected chi connectivity index (χ0v) is 16.2. The van der Waals surface area contributed by atoms with E-state index in [2.05, 4.69) is 24.7 Å². The van der Waals surface area contributed by atoms with E-state index in [1.165, 1.54) is 6.26 Å². The van der Waals surface area contributed by atoms with Crippen LogP contribution in [0.4, 0.5) is 0 Å². The minimum Gasteiger partial charge on any atom is -0.448 e. The van der Waals surface area contributed by atoms with Gasteiger partial charge >= 0.3 is 16.5 Å². The van der Waals surface area contributed by atoms with Gasteiger partial charge in [0.15, 0.2) is 0 Å². The molecule has 0 aromatic carbocycles. The van der Waals surface area contributed by atoms with E-state index in [9.17, 15) is 8.42 Å². The number of fused-ring (bicyclic) bond motifs is 1. The largest absolute Gasteiger partial charge is 0.448 e. The quantitative estimate of drug-likeness (QED) is 0.359. The number of nitrogens with zero attached hydrogens (tertiary/aromatic N) is 1. The predicted molar refractivity (Wildman–Crippen MR) is 91.5 cm³/mol. The van der Waals surface area contributed by atoms with E-state index in [0.717, 1.165) is 49.2 Å². The first-order chi connectivity index (χ1) is 10.7. The lowest BCUT2D eigenvalue weighted by atomic mass is 9.97. The molecule has 1 N–H and O–H groups in total. The second-order valence-corrected chi connectivity index (χ2v) is 14.5. The van der Waals surface area contributed by atoms with Crippen molar-refractivity contribution in [3.63, 3.8) is 0 Å². The minimum atomic E-state index is -3.50. The van der Waals surface area contributed by atoms with Gasteiger partial charge in [-0.05, 0) is 29.7 Å². The van der Waals surface area contributed by atoms with E-state index < -0.39 is 18.2 Å². The highest BCUT2D eigenvalue weighted by Gasteiger charge is 2.22. The molecule has 1 heterocycles. The molecule has 1 aliphatic carbocycles. The number of ether oxygens (including phenoxy) is 1. The Morgan fingerprint density at radius 1 is 1.26 bits per heavy atom. The zero-order chi connectivity index (χ0) is 17.1. The molecule has 0 amide bonds. The molecule has 0 unspecified atom stereocenters. The number of aromatic amines is 1. The standard InChI is InChI=1S/C15H27N2O4SSi/c1-22(18,19)21-11-14-13-7-5-6-8-15(13)17(16-14)12-20-9-10-23(2,3)4/h11-12,16H,5-10H2,1-4H3/q+1. The summed E-state index contributed by atoms with van der Waals surface area (Å²) in [6.07, 6.45) is 8.11. The third kappa shape index (κ3) is 5.69.